The summed E-state index contributed by atoms with van der Waals surface area (Å²) < 4.78 is 0. The molecule has 4 heteroatoms. The largest absolute Gasteiger partial charge is 0.289 e. The van der Waals surface area contributed by atoms with Crippen LogP contribution in [0.1, 0.15) is 27.0 Å². The van der Waals surface area contributed by atoms with Gasteiger partial charge in [0.05, 0.1) is 4.92 Å². The Labute approximate surface area is 110 Å². The molecule has 0 radical (unpaired) electrons. The van der Waals surface area contributed by atoms with E-state index in [1.807, 2.05) is 19.1 Å². The average Bonchev–Trinajstić information content (AvgIpc) is 2.38. The summed E-state index contributed by atoms with van der Waals surface area (Å²) in [5.41, 5.74) is 2.34. The predicted molar refractivity (Wildman–Crippen MR) is 72.4 cm³/mol. The Bertz CT molecular complexity index is 645. The minimum atomic E-state index is -0.471. The van der Waals surface area contributed by atoms with Crippen LogP contribution in [-0.4, -0.2) is 10.7 Å². The SMILES string of the molecule is Cc1ccc(C(=O)c2cccc([N+](=O)[O-])c2C)cc1. The number of hydrogen-bond donors (Lipinski definition) is 0. The summed E-state index contributed by atoms with van der Waals surface area (Å²) in [5.74, 6) is -0.193. The second kappa shape index (κ2) is 5.02. The first-order valence-corrected chi connectivity index (χ1v) is 5.86. The van der Waals surface area contributed by atoms with Crippen LogP contribution < -0.4 is 0 Å². The number of benzene rings is 2. The fraction of sp³-hybridized carbons (Fsp3) is 0.133. The zero-order valence-corrected chi connectivity index (χ0v) is 10.7. The zero-order valence-electron chi connectivity index (χ0n) is 10.7. The van der Waals surface area contributed by atoms with Crippen molar-refractivity contribution in [3.63, 3.8) is 0 Å². The van der Waals surface area contributed by atoms with E-state index in [9.17, 15) is 14.9 Å². The minimum absolute atomic E-state index is 0.0297. The smallest absolute Gasteiger partial charge is 0.273 e. The van der Waals surface area contributed by atoms with Crippen LogP contribution in [0.3, 0.4) is 0 Å². The maximum Gasteiger partial charge on any atom is 0.273 e. The van der Waals surface area contributed by atoms with E-state index in [1.54, 1.807) is 25.1 Å². The molecule has 0 N–H and O–H groups in total. The summed E-state index contributed by atoms with van der Waals surface area (Å²) in [6.45, 7) is 3.53. The van der Waals surface area contributed by atoms with E-state index in [1.165, 1.54) is 12.1 Å². The molecule has 2 aromatic rings. The number of nitro benzene ring substituents is 1. The summed E-state index contributed by atoms with van der Waals surface area (Å²) in [7, 11) is 0. The fourth-order valence-electron chi connectivity index (χ4n) is 1.93. The molecule has 0 unspecified atom stereocenters. The van der Waals surface area contributed by atoms with Gasteiger partial charge < -0.3 is 0 Å². The van der Waals surface area contributed by atoms with Gasteiger partial charge in [0.15, 0.2) is 5.78 Å². The number of aryl methyl sites for hydroxylation is 1. The maximum absolute atomic E-state index is 12.3. The van der Waals surface area contributed by atoms with E-state index in [4.69, 9.17) is 0 Å². The van der Waals surface area contributed by atoms with Gasteiger partial charge in [-0.05, 0) is 13.8 Å². The number of nitro groups is 1. The Morgan fingerprint density at radius 3 is 2.26 bits per heavy atom. The Kier molecular flexibility index (Phi) is 3.42. The van der Waals surface area contributed by atoms with Gasteiger partial charge >= 0.3 is 0 Å². The van der Waals surface area contributed by atoms with Gasteiger partial charge in [-0.3, -0.25) is 14.9 Å². The highest BCUT2D eigenvalue weighted by Crippen LogP contribution is 2.23. The van der Waals surface area contributed by atoms with E-state index in [0.717, 1.165) is 5.56 Å². The van der Waals surface area contributed by atoms with Gasteiger partial charge in [0.2, 0.25) is 0 Å². The molecule has 0 aliphatic carbocycles. The van der Waals surface area contributed by atoms with Crippen LogP contribution in [0.5, 0.6) is 0 Å². The number of carbonyl (C=O) groups excluding carboxylic acids is 1. The number of ketones is 1. The molecule has 0 heterocycles. The second-order valence-corrected chi connectivity index (χ2v) is 4.40. The molecule has 0 amide bonds. The highest BCUT2D eigenvalue weighted by Gasteiger charge is 2.18. The van der Waals surface area contributed by atoms with Gasteiger partial charge in [0, 0.05) is 22.8 Å². The lowest BCUT2D eigenvalue weighted by Crippen LogP contribution is -2.05. The van der Waals surface area contributed by atoms with Crippen LogP contribution in [0.2, 0.25) is 0 Å². The van der Waals surface area contributed by atoms with Gasteiger partial charge in [-0.25, -0.2) is 0 Å². The van der Waals surface area contributed by atoms with E-state index >= 15 is 0 Å². The van der Waals surface area contributed by atoms with Crippen LogP contribution >= 0.6 is 0 Å². The lowest BCUT2D eigenvalue weighted by atomic mass is 9.97. The lowest BCUT2D eigenvalue weighted by Gasteiger charge is -2.05. The van der Waals surface area contributed by atoms with Crippen LogP contribution in [0, 0.1) is 24.0 Å². The molecule has 2 rings (SSSR count). The van der Waals surface area contributed by atoms with Crippen molar-refractivity contribution in [2.45, 2.75) is 13.8 Å². The molecule has 2 aromatic carbocycles. The van der Waals surface area contributed by atoms with Gasteiger partial charge in [0.25, 0.3) is 5.69 Å². The molecule has 0 spiro atoms. The number of rotatable bonds is 3. The topological polar surface area (TPSA) is 60.2 Å². The number of nitrogens with zero attached hydrogens (tertiary/aromatic N) is 1. The van der Waals surface area contributed by atoms with Crippen molar-refractivity contribution in [3.05, 3.63) is 74.8 Å². The van der Waals surface area contributed by atoms with Gasteiger partial charge in [-0.1, -0.05) is 42.0 Å². The lowest BCUT2D eigenvalue weighted by molar-refractivity contribution is -0.385. The van der Waals surface area contributed by atoms with Crippen molar-refractivity contribution in [1.82, 2.24) is 0 Å². The molecule has 4 nitrogen and oxygen atoms in total. The number of carbonyl (C=O) groups is 1. The second-order valence-electron chi connectivity index (χ2n) is 4.40. The molecule has 0 saturated carbocycles. The van der Waals surface area contributed by atoms with Crippen molar-refractivity contribution < 1.29 is 9.72 Å². The Morgan fingerprint density at radius 2 is 1.68 bits per heavy atom. The third-order valence-electron chi connectivity index (χ3n) is 3.06. The van der Waals surface area contributed by atoms with E-state index in [-0.39, 0.29) is 11.5 Å². The third-order valence-corrected chi connectivity index (χ3v) is 3.06. The summed E-state index contributed by atoms with van der Waals surface area (Å²) in [6, 6.07) is 11.7. The predicted octanol–water partition coefficient (Wildman–Crippen LogP) is 3.44. The highest BCUT2D eigenvalue weighted by molar-refractivity contribution is 6.10. The average molecular weight is 255 g/mol. The molecule has 0 saturated heterocycles. The summed E-state index contributed by atoms with van der Waals surface area (Å²) in [5, 5.41) is 10.9. The molecule has 0 atom stereocenters. The van der Waals surface area contributed by atoms with Crippen molar-refractivity contribution in [2.24, 2.45) is 0 Å². The molecular weight excluding hydrogens is 242 g/mol. The van der Waals surface area contributed by atoms with Crippen molar-refractivity contribution >= 4 is 11.5 Å². The minimum Gasteiger partial charge on any atom is -0.289 e. The molecular formula is C15H13NO3. The van der Waals surface area contributed by atoms with Crippen molar-refractivity contribution in [2.75, 3.05) is 0 Å². The molecule has 0 bridgehead atoms. The highest BCUT2D eigenvalue weighted by atomic mass is 16.6. The van der Waals surface area contributed by atoms with Gasteiger partial charge in [0.1, 0.15) is 0 Å². The Balaban J connectivity index is 2.47. The van der Waals surface area contributed by atoms with Crippen LogP contribution in [0.4, 0.5) is 5.69 Å². The standard InChI is InChI=1S/C15H13NO3/c1-10-6-8-12(9-7-10)15(17)13-4-3-5-14(11(13)2)16(18)19/h3-9H,1-2H3. The molecule has 19 heavy (non-hydrogen) atoms. The van der Waals surface area contributed by atoms with E-state index in [2.05, 4.69) is 0 Å². The maximum atomic E-state index is 12.3. The Hall–Kier alpha value is -2.49. The molecule has 0 fully saturated rings. The fourth-order valence-corrected chi connectivity index (χ4v) is 1.93. The van der Waals surface area contributed by atoms with Crippen molar-refractivity contribution in [1.29, 1.82) is 0 Å². The summed E-state index contributed by atoms with van der Waals surface area (Å²) in [4.78, 5) is 22.7. The van der Waals surface area contributed by atoms with Crippen LogP contribution in [0.15, 0.2) is 42.5 Å². The molecule has 96 valence electrons. The normalized spacial score (nSPS) is 10.2. The summed E-state index contributed by atoms with van der Waals surface area (Å²) >= 11 is 0. The third kappa shape index (κ3) is 2.52. The molecule has 0 aromatic heterocycles. The van der Waals surface area contributed by atoms with Gasteiger partial charge in [-0.2, -0.15) is 0 Å². The quantitative estimate of drug-likeness (QED) is 0.479. The van der Waals surface area contributed by atoms with E-state index < -0.39 is 4.92 Å². The molecule has 0 aliphatic heterocycles. The first kappa shape index (κ1) is 13.0. The zero-order chi connectivity index (χ0) is 14.0. The monoisotopic (exact) mass is 255 g/mol. The number of hydrogen-bond acceptors (Lipinski definition) is 3. The first-order valence-electron chi connectivity index (χ1n) is 5.86. The van der Waals surface area contributed by atoms with E-state index in [0.29, 0.717) is 16.7 Å². The van der Waals surface area contributed by atoms with Gasteiger partial charge in [-0.15, -0.1) is 0 Å². The first-order chi connectivity index (χ1) is 9.00. The summed E-state index contributed by atoms with van der Waals surface area (Å²) in [6.07, 6.45) is 0. The molecule has 0 aliphatic rings. The van der Waals surface area contributed by atoms with Crippen LogP contribution in [-0.2, 0) is 0 Å². The Morgan fingerprint density at radius 1 is 1.05 bits per heavy atom. The van der Waals surface area contributed by atoms with Crippen molar-refractivity contribution in [3.8, 4) is 0 Å². The van der Waals surface area contributed by atoms with Crippen LogP contribution in [0.25, 0.3) is 0 Å².